The van der Waals surface area contributed by atoms with E-state index < -0.39 is 0 Å². The first-order chi connectivity index (χ1) is 15.9. The Balaban J connectivity index is 1.57. The lowest BCUT2D eigenvalue weighted by atomic mass is 10.0. The zero-order chi connectivity index (χ0) is 23.4. The predicted molar refractivity (Wildman–Crippen MR) is 124 cm³/mol. The molecular formula is C24H26N6O3. The van der Waals surface area contributed by atoms with Gasteiger partial charge in [0, 0.05) is 17.8 Å². The number of fused-ring (bicyclic) bond motifs is 1. The quantitative estimate of drug-likeness (QED) is 0.446. The molecular weight excluding hydrogens is 420 g/mol. The highest BCUT2D eigenvalue weighted by molar-refractivity contribution is 5.76. The van der Waals surface area contributed by atoms with Gasteiger partial charge >= 0.3 is 0 Å². The summed E-state index contributed by atoms with van der Waals surface area (Å²) in [5.41, 5.74) is 1.71. The lowest BCUT2D eigenvalue weighted by Gasteiger charge is -2.19. The van der Waals surface area contributed by atoms with Crippen LogP contribution in [0.2, 0.25) is 0 Å². The third kappa shape index (κ3) is 5.08. The summed E-state index contributed by atoms with van der Waals surface area (Å²) in [6.07, 6.45) is 2.54. The molecule has 1 amide bonds. The van der Waals surface area contributed by atoms with Crippen molar-refractivity contribution < 1.29 is 9.53 Å². The van der Waals surface area contributed by atoms with Crippen LogP contribution in [0.5, 0.6) is 5.75 Å². The minimum absolute atomic E-state index is 0.206. The van der Waals surface area contributed by atoms with Gasteiger partial charge in [0.2, 0.25) is 5.91 Å². The van der Waals surface area contributed by atoms with E-state index >= 15 is 0 Å². The topological polar surface area (TPSA) is 103 Å². The molecule has 9 nitrogen and oxygen atoms in total. The van der Waals surface area contributed by atoms with Crippen molar-refractivity contribution in [3.8, 4) is 17.0 Å². The van der Waals surface area contributed by atoms with Crippen LogP contribution in [0.4, 0.5) is 0 Å². The van der Waals surface area contributed by atoms with Gasteiger partial charge in [-0.1, -0.05) is 32.0 Å². The highest BCUT2D eigenvalue weighted by Crippen LogP contribution is 2.22. The van der Waals surface area contributed by atoms with Crippen LogP contribution in [-0.2, 0) is 11.3 Å². The van der Waals surface area contributed by atoms with E-state index in [1.54, 1.807) is 13.2 Å². The molecule has 0 unspecified atom stereocenters. The summed E-state index contributed by atoms with van der Waals surface area (Å²) in [6, 6.07) is 15.7. The van der Waals surface area contributed by atoms with E-state index in [9.17, 15) is 9.59 Å². The molecule has 0 aliphatic rings. The van der Waals surface area contributed by atoms with Crippen molar-refractivity contribution in [2.45, 2.75) is 32.9 Å². The lowest BCUT2D eigenvalue weighted by molar-refractivity contribution is -0.122. The van der Waals surface area contributed by atoms with E-state index in [-0.39, 0.29) is 24.1 Å². The molecule has 3 heterocycles. The zero-order valence-electron chi connectivity index (χ0n) is 18.8. The van der Waals surface area contributed by atoms with Crippen molar-refractivity contribution in [1.82, 2.24) is 29.7 Å². The Labute approximate surface area is 191 Å². The third-order valence-corrected chi connectivity index (χ3v) is 5.22. The molecule has 0 bridgehead atoms. The van der Waals surface area contributed by atoms with Crippen molar-refractivity contribution >= 4 is 11.6 Å². The fraction of sp³-hybridized carbons (Fsp3) is 0.292. The Bertz CT molecular complexity index is 1330. The lowest BCUT2D eigenvalue weighted by Crippen LogP contribution is -2.36. The van der Waals surface area contributed by atoms with Gasteiger partial charge in [0.25, 0.3) is 5.56 Å². The number of nitrogens with one attached hydrogen (secondary N) is 1. The number of rotatable bonds is 8. The SMILES string of the molecule is COc1cccc(-c2ccc(=O)n(CC(=O)N[C@@H](CC(C)C)c3nnc4ccccn34)n2)c1. The van der Waals surface area contributed by atoms with Gasteiger partial charge in [0.1, 0.15) is 12.3 Å². The predicted octanol–water partition coefficient (Wildman–Crippen LogP) is 2.87. The van der Waals surface area contributed by atoms with Crippen molar-refractivity contribution in [1.29, 1.82) is 0 Å². The molecule has 0 saturated carbocycles. The number of hydrogen-bond acceptors (Lipinski definition) is 6. The molecule has 33 heavy (non-hydrogen) atoms. The van der Waals surface area contributed by atoms with Gasteiger partial charge < -0.3 is 10.1 Å². The number of pyridine rings is 1. The van der Waals surface area contributed by atoms with Gasteiger partial charge in [0.15, 0.2) is 11.5 Å². The summed E-state index contributed by atoms with van der Waals surface area (Å²) in [7, 11) is 1.59. The number of ether oxygens (including phenoxy) is 1. The van der Waals surface area contributed by atoms with Crippen LogP contribution in [0.15, 0.2) is 65.6 Å². The second kappa shape index (κ2) is 9.64. The monoisotopic (exact) mass is 446 g/mol. The maximum absolute atomic E-state index is 12.9. The van der Waals surface area contributed by atoms with Crippen LogP contribution in [0, 0.1) is 5.92 Å². The van der Waals surface area contributed by atoms with Crippen LogP contribution in [0.3, 0.4) is 0 Å². The molecule has 9 heteroatoms. The van der Waals surface area contributed by atoms with Crippen LogP contribution >= 0.6 is 0 Å². The number of carbonyl (C=O) groups is 1. The summed E-state index contributed by atoms with van der Waals surface area (Å²) in [4.78, 5) is 25.3. The van der Waals surface area contributed by atoms with Crippen molar-refractivity contribution in [2.75, 3.05) is 7.11 Å². The van der Waals surface area contributed by atoms with Crippen molar-refractivity contribution in [2.24, 2.45) is 5.92 Å². The molecule has 0 aliphatic carbocycles. The summed E-state index contributed by atoms with van der Waals surface area (Å²) in [6.45, 7) is 3.94. The Morgan fingerprint density at radius 1 is 1.09 bits per heavy atom. The molecule has 4 aromatic rings. The highest BCUT2D eigenvalue weighted by Gasteiger charge is 2.22. The average molecular weight is 447 g/mol. The fourth-order valence-corrected chi connectivity index (χ4v) is 3.67. The molecule has 4 rings (SSSR count). The Morgan fingerprint density at radius 2 is 1.94 bits per heavy atom. The summed E-state index contributed by atoms with van der Waals surface area (Å²) < 4.78 is 8.29. The number of methoxy groups -OCH3 is 1. The smallest absolute Gasteiger partial charge is 0.267 e. The van der Waals surface area contributed by atoms with Gasteiger partial charge in [-0.2, -0.15) is 5.10 Å². The number of carbonyl (C=O) groups excluding carboxylic acids is 1. The Kier molecular flexibility index (Phi) is 6.48. The molecule has 0 fully saturated rings. The first-order valence-corrected chi connectivity index (χ1v) is 10.8. The van der Waals surface area contributed by atoms with Crippen LogP contribution in [0.25, 0.3) is 16.9 Å². The van der Waals surface area contributed by atoms with E-state index in [1.807, 2.05) is 53.1 Å². The van der Waals surface area contributed by atoms with E-state index in [1.165, 1.54) is 10.7 Å². The summed E-state index contributed by atoms with van der Waals surface area (Å²) >= 11 is 0. The van der Waals surface area contributed by atoms with E-state index in [4.69, 9.17) is 4.74 Å². The minimum Gasteiger partial charge on any atom is -0.497 e. The molecule has 1 aromatic carbocycles. The van der Waals surface area contributed by atoms with Crippen LogP contribution in [0.1, 0.15) is 32.1 Å². The standard InChI is InChI=1S/C24H26N6O3/c1-16(2)13-20(24-27-26-21-9-4-5-12-29(21)24)25-22(31)15-30-23(32)11-10-19(28-30)17-7-6-8-18(14-17)33-3/h4-12,14,16,20H,13,15H2,1-3H3,(H,25,31)/t20-/m0/s1. The van der Waals surface area contributed by atoms with Gasteiger partial charge in [0.05, 0.1) is 18.8 Å². The second-order valence-corrected chi connectivity index (χ2v) is 8.18. The zero-order valence-corrected chi connectivity index (χ0v) is 18.8. The van der Waals surface area contributed by atoms with Gasteiger partial charge in [-0.3, -0.25) is 14.0 Å². The molecule has 0 saturated heterocycles. The molecule has 170 valence electrons. The maximum atomic E-state index is 12.9. The highest BCUT2D eigenvalue weighted by atomic mass is 16.5. The number of amides is 1. The van der Waals surface area contributed by atoms with Gasteiger partial charge in [-0.25, -0.2) is 4.68 Å². The molecule has 0 radical (unpaired) electrons. The van der Waals surface area contributed by atoms with Crippen LogP contribution in [-0.4, -0.2) is 37.4 Å². The average Bonchev–Trinajstić information content (AvgIpc) is 3.24. The first-order valence-electron chi connectivity index (χ1n) is 10.8. The summed E-state index contributed by atoms with van der Waals surface area (Å²) in [5.74, 6) is 1.31. The van der Waals surface area contributed by atoms with E-state index in [0.29, 0.717) is 35.3 Å². The van der Waals surface area contributed by atoms with Gasteiger partial charge in [-0.05, 0) is 42.7 Å². The largest absolute Gasteiger partial charge is 0.497 e. The fourth-order valence-electron chi connectivity index (χ4n) is 3.67. The second-order valence-electron chi connectivity index (χ2n) is 8.18. The Morgan fingerprint density at radius 3 is 2.73 bits per heavy atom. The number of benzene rings is 1. The molecule has 3 aromatic heterocycles. The summed E-state index contributed by atoms with van der Waals surface area (Å²) in [5, 5.41) is 15.9. The number of nitrogens with zero attached hydrogens (tertiary/aromatic N) is 5. The van der Waals surface area contributed by atoms with E-state index in [0.717, 1.165) is 5.56 Å². The van der Waals surface area contributed by atoms with Crippen LogP contribution < -0.4 is 15.6 Å². The third-order valence-electron chi connectivity index (χ3n) is 5.22. The van der Waals surface area contributed by atoms with Crippen molar-refractivity contribution in [3.63, 3.8) is 0 Å². The molecule has 0 spiro atoms. The Hall–Kier alpha value is -4.01. The first kappa shape index (κ1) is 22.2. The molecule has 1 atom stereocenters. The maximum Gasteiger partial charge on any atom is 0.267 e. The number of aromatic nitrogens is 5. The van der Waals surface area contributed by atoms with Gasteiger partial charge in [-0.15, -0.1) is 10.2 Å². The van der Waals surface area contributed by atoms with Crippen molar-refractivity contribution in [3.05, 3.63) is 77.0 Å². The minimum atomic E-state index is -0.356. The van der Waals surface area contributed by atoms with E-state index in [2.05, 4.69) is 34.5 Å². The normalized spacial score (nSPS) is 12.1. The molecule has 1 N–H and O–H groups in total. The molecule has 0 aliphatic heterocycles. The number of hydrogen-bond donors (Lipinski definition) is 1.